The van der Waals surface area contributed by atoms with Crippen LogP contribution in [0.4, 0.5) is 0 Å². The molecule has 0 fully saturated rings. The highest BCUT2D eigenvalue weighted by molar-refractivity contribution is 6.45. The summed E-state index contributed by atoms with van der Waals surface area (Å²) in [5.74, 6) is -14.6. The Morgan fingerprint density at radius 2 is 0.567 bits per heavy atom. The summed E-state index contributed by atoms with van der Waals surface area (Å²) in [6.45, 7) is 25.1. The van der Waals surface area contributed by atoms with Gasteiger partial charge in [0, 0.05) is 77.4 Å². The second-order valence-electron chi connectivity index (χ2n) is 29.1. The van der Waals surface area contributed by atoms with E-state index in [1.807, 2.05) is 0 Å². The van der Waals surface area contributed by atoms with E-state index >= 15 is 28.8 Å². The van der Waals surface area contributed by atoms with E-state index in [0.717, 1.165) is 14.7 Å². The third-order valence-electron chi connectivity index (χ3n) is 19.9. The fraction of sp³-hybridized carbons (Fsp3) is 0.275. The minimum absolute atomic E-state index is 0.0129. The molecule has 2 aliphatic heterocycles. The SMILES string of the molecule is C=C(C)C(=O)OCCN(CCOC(=O)C(=C)C)C(=O)C(C(C)C)N1C(=O)c2cc(Oc3ccc(C(=O)CC)cc3)c3c4c(Oc5ccc(C(=O)OC)cc5)cc5c6c(cc(Oc7ccc(C(=O)OC)cc7)c(c7c(Oc8ccc(C(=O)OC)cc8)cc(c2c37)C1=O)c64)C(=O)N(C(C(=O)N(CCOC(=O)C(=C)C)CCOC(=O)C(=C)C)C(C)C)C5=O. The Bertz CT molecular complexity index is 5110. The van der Waals surface area contributed by atoms with E-state index in [4.69, 9.17) is 52.1 Å². The number of carbonyl (C=O) groups is 14. The molecule has 0 radical (unpaired) electrons. The lowest BCUT2D eigenvalue weighted by atomic mass is 9.80. The molecule has 2 atom stereocenters. The highest BCUT2D eigenvalue weighted by atomic mass is 16.6. The maximum Gasteiger partial charge on any atom is 0.337 e. The van der Waals surface area contributed by atoms with Crippen LogP contribution in [0.1, 0.15) is 152 Å². The highest BCUT2D eigenvalue weighted by Crippen LogP contribution is 2.58. The van der Waals surface area contributed by atoms with Crippen LogP contribution in [0.25, 0.3) is 43.1 Å². The Labute approximate surface area is 688 Å². The van der Waals surface area contributed by atoms with Crippen molar-refractivity contribution in [2.45, 2.75) is 80.8 Å². The highest BCUT2D eigenvalue weighted by Gasteiger charge is 2.49. The number of amides is 6. The summed E-state index contributed by atoms with van der Waals surface area (Å²) < 4.78 is 65.4. The number of rotatable bonds is 35. The Balaban J connectivity index is 1.30. The number of ether oxygens (including phenoxy) is 11. The van der Waals surface area contributed by atoms with Crippen molar-refractivity contribution in [2.75, 3.05) is 73.9 Å². The Kier molecular flexibility index (Phi) is 26.2. The number of esters is 7. The van der Waals surface area contributed by atoms with Gasteiger partial charge in [-0.3, -0.25) is 43.4 Å². The van der Waals surface area contributed by atoms with E-state index in [1.165, 1.54) is 175 Å². The molecule has 0 saturated carbocycles. The molecule has 2 aliphatic rings. The van der Waals surface area contributed by atoms with Gasteiger partial charge in [0.25, 0.3) is 23.6 Å². The largest absolute Gasteiger partial charge is 0.465 e. The van der Waals surface area contributed by atoms with Gasteiger partial charge < -0.3 is 61.9 Å². The van der Waals surface area contributed by atoms with Gasteiger partial charge in [-0.15, -0.1) is 0 Å². The van der Waals surface area contributed by atoms with Crippen LogP contribution in [0.2, 0.25) is 0 Å². The molecule has 9 aromatic rings. The van der Waals surface area contributed by atoms with Crippen LogP contribution >= 0.6 is 0 Å². The molecule has 0 spiro atoms. The quantitative estimate of drug-likeness (QED) is 0.00677. The monoisotopic (exact) mass is 1630 g/mol. The van der Waals surface area contributed by atoms with Gasteiger partial charge in [-0.25, -0.2) is 33.6 Å². The number of fused-ring (bicyclic) bond motifs is 2. The number of ketones is 1. The van der Waals surface area contributed by atoms with E-state index in [0.29, 0.717) is 5.56 Å². The molecule has 0 N–H and O–H groups in total. The second kappa shape index (κ2) is 36.4. The zero-order valence-electron chi connectivity index (χ0n) is 68.0. The molecule has 2 heterocycles. The first-order valence-electron chi connectivity index (χ1n) is 38.0. The van der Waals surface area contributed by atoms with Crippen molar-refractivity contribution in [3.63, 3.8) is 0 Å². The van der Waals surface area contributed by atoms with E-state index in [-0.39, 0.29) is 189 Å². The van der Waals surface area contributed by atoms with Gasteiger partial charge in [-0.05, 0) is 161 Å². The first-order chi connectivity index (χ1) is 57.1. The average molecular weight is 1640 g/mol. The van der Waals surface area contributed by atoms with E-state index < -0.39 is 128 Å². The first kappa shape index (κ1) is 86.5. The topological polar surface area (TPSA) is 353 Å². The molecule has 6 amide bonds. The van der Waals surface area contributed by atoms with Crippen LogP contribution < -0.4 is 18.9 Å². The fourth-order valence-electron chi connectivity index (χ4n) is 14.0. The zero-order chi connectivity index (χ0) is 87.2. The third kappa shape index (κ3) is 17.5. The van der Waals surface area contributed by atoms with Crippen LogP contribution in [-0.2, 0) is 61.9 Å². The lowest BCUT2D eigenvalue weighted by Gasteiger charge is -2.39. The smallest absolute Gasteiger partial charge is 0.337 e. The number of hydrogen-bond donors (Lipinski definition) is 0. The predicted molar refractivity (Wildman–Crippen MR) is 437 cm³/mol. The molecule has 29 nitrogen and oxygen atoms in total. The summed E-state index contributed by atoms with van der Waals surface area (Å²) >= 11 is 0. The molecular weight excluding hydrogens is 1550 g/mol. The van der Waals surface area contributed by atoms with Crippen LogP contribution in [0.5, 0.6) is 46.0 Å². The number of nitrogens with zero attached hydrogens (tertiary/aromatic N) is 4. The summed E-state index contributed by atoms with van der Waals surface area (Å²) in [4.78, 5) is 206. The molecule has 2 unspecified atom stereocenters. The number of Topliss-reactive ketones (excluding diaryl/α,β-unsaturated/α-hetero) is 1. The maximum atomic E-state index is 16.6. The molecule has 0 aromatic heterocycles. The zero-order valence-corrected chi connectivity index (χ0v) is 68.0. The number of carbonyl (C=O) groups excluding carboxylic acids is 14. The van der Waals surface area contributed by atoms with Gasteiger partial charge >= 0.3 is 41.8 Å². The van der Waals surface area contributed by atoms with Crippen LogP contribution in [-0.4, -0.2) is 189 Å². The maximum absolute atomic E-state index is 16.6. The van der Waals surface area contributed by atoms with Gasteiger partial charge in [0.2, 0.25) is 11.8 Å². The molecule has 0 bridgehead atoms. The van der Waals surface area contributed by atoms with Gasteiger partial charge in [-0.2, -0.15) is 0 Å². The van der Waals surface area contributed by atoms with Crippen molar-refractivity contribution in [3.8, 4) is 46.0 Å². The van der Waals surface area contributed by atoms with Crippen molar-refractivity contribution in [3.05, 3.63) is 214 Å². The summed E-state index contributed by atoms with van der Waals surface area (Å²) in [6.07, 6.45) is 0.120. The Morgan fingerprint density at radius 3 is 0.767 bits per heavy atom. The van der Waals surface area contributed by atoms with E-state index in [9.17, 15) is 38.4 Å². The van der Waals surface area contributed by atoms with Gasteiger partial charge in [0.15, 0.2) is 5.78 Å². The third-order valence-corrected chi connectivity index (χ3v) is 19.9. The van der Waals surface area contributed by atoms with E-state index in [1.54, 1.807) is 34.6 Å². The van der Waals surface area contributed by atoms with Crippen LogP contribution in [0.3, 0.4) is 0 Å². The molecule has 0 aliphatic carbocycles. The second-order valence-corrected chi connectivity index (χ2v) is 29.1. The summed E-state index contributed by atoms with van der Waals surface area (Å²) in [5.41, 5.74) is -0.510. The van der Waals surface area contributed by atoms with Crippen molar-refractivity contribution < 1.29 is 119 Å². The summed E-state index contributed by atoms with van der Waals surface area (Å²) in [6, 6.07) is 24.7. The van der Waals surface area contributed by atoms with Crippen LogP contribution in [0, 0.1) is 11.8 Å². The summed E-state index contributed by atoms with van der Waals surface area (Å²) in [7, 11) is 3.56. The fourth-order valence-corrected chi connectivity index (χ4v) is 14.0. The van der Waals surface area contributed by atoms with Crippen molar-refractivity contribution in [2.24, 2.45) is 11.8 Å². The minimum Gasteiger partial charge on any atom is -0.465 e. The minimum atomic E-state index is -1.73. The molecular formula is C91H86N4O25. The van der Waals surface area contributed by atoms with Crippen molar-refractivity contribution >= 4 is 126 Å². The molecule has 11 rings (SSSR count). The van der Waals surface area contributed by atoms with Crippen molar-refractivity contribution in [1.82, 2.24) is 19.6 Å². The predicted octanol–water partition coefficient (Wildman–Crippen LogP) is 14.2. The first-order valence-corrected chi connectivity index (χ1v) is 38.0. The molecule has 9 aromatic carbocycles. The van der Waals surface area contributed by atoms with Gasteiger partial charge in [-0.1, -0.05) is 60.9 Å². The van der Waals surface area contributed by atoms with Gasteiger partial charge in [0.05, 0.1) is 86.5 Å². The molecule has 29 heteroatoms. The van der Waals surface area contributed by atoms with E-state index in [2.05, 4.69) is 26.3 Å². The number of hydrogen-bond acceptors (Lipinski definition) is 25. The van der Waals surface area contributed by atoms with Crippen LogP contribution in [0.15, 0.2) is 170 Å². The number of imide groups is 2. The Hall–Kier alpha value is -14.4. The Morgan fingerprint density at radius 1 is 0.342 bits per heavy atom. The normalized spacial score (nSPS) is 12.7. The van der Waals surface area contributed by atoms with Crippen molar-refractivity contribution in [1.29, 1.82) is 0 Å². The number of benzene rings is 9. The standard InChI is InChI=1S/C91H86N4O25/c1-17-64(96)52-18-26-56(27-19-52)117-65-42-60-69-61(80(98)94(79(60)97)77(46(2)3)83(101)92(34-38-113-85(103)48(6)7)35-39-114-86(104)49(8)9)44-67(119-58-30-22-54(23-31-58)90(108)111-15)73-74-68(120-59-32-24-55(25-33-59)91(109)112-16)45-63-70-62(43-66(72(76(70)74)71(65)75(69)73)118-57-28-20-53(21-29-57)89(107)110-14)81(99)95(82(63)100)78(47(4)5)84(102)93(36-40-115-87(105)50(10)11)37-41-116-88(106)51(12)13/h18-33,42-47,77-78H,6,8,10,12,17,34-41H2,1-5,7,9,11,13-16H3. The summed E-state index contributed by atoms with van der Waals surface area (Å²) in [5, 5.41) is -0.559. The molecule has 0 saturated heterocycles. The molecule has 120 heavy (non-hydrogen) atoms. The average Bonchev–Trinajstić information content (AvgIpc) is 0.669. The lowest BCUT2D eigenvalue weighted by molar-refractivity contribution is -0.146. The lowest BCUT2D eigenvalue weighted by Crippen LogP contribution is -2.57. The molecule has 620 valence electrons. The van der Waals surface area contributed by atoms with Gasteiger partial charge in [0.1, 0.15) is 84.5 Å². The number of methoxy groups -OCH3 is 3.